The van der Waals surface area contributed by atoms with Crippen LogP contribution in [0.1, 0.15) is 64.0 Å². The third-order valence-corrected chi connectivity index (χ3v) is 6.45. The van der Waals surface area contributed by atoms with E-state index in [0.29, 0.717) is 5.75 Å². The second-order valence-electron chi connectivity index (χ2n) is 6.33. The third-order valence-electron chi connectivity index (χ3n) is 4.10. The number of aryl methyl sites for hydroxylation is 1. The first-order chi connectivity index (χ1) is 12.9. The molecule has 0 amide bonds. The Morgan fingerprint density at radius 2 is 1.52 bits per heavy atom. The normalized spacial score (nSPS) is 20.6. The summed E-state index contributed by atoms with van der Waals surface area (Å²) >= 11 is 0. The maximum absolute atomic E-state index is 13.5. The lowest BCUT2D eigenvalue weighted by molar-refractivity contribution is 0.0714. The van der Waals surface area contributed by atoms with Crippen molar-refractivity contribution in [2.45, 2.75) is 59.9 Å². The minimum Gasteiger partial charge on any atom is -0.423 e. The van der Waals surface area contributed by atoms with Crippen LogP contribution in [-0.4, -0.2) is 7.05 Å². The first kappa shape index (κ1) is 23.4. The van der Waals surface area contributed by atoms with Gasteiger partial charge in [0.1, 0.15) is 17.1 Å². The average Bonchev–Trinajstić information content (AvgIpc) is 2.66. The zero-order chi connectivity index (χ0) is 20.7. The summed E-state index contributed by atoms with van der Waals surface area (Å²) in [6.45, 7) is 13.9. The van der Waals surface area contributed by atoms with Gasteiger partial charge in [-0.15, -0.1) is 0 Å². The topological polar surface area (TPSA) is 47.6 Å². The van der Waals surface area contributed by atoms with E-state index in [1.807, 2.05) is 97.0 Å². The lowest BCUT2D eigenvalue weighted by Gasteiger charge is -2.40. The molecule has 0 radical (unpaired) electrons. The van der Waals surface area contributed by atoms with E-state index in [0.717, 1.165) is 16.7 Å². The van der Waals surface area contributed by atoms with Crippen molar-refractivity contribution in [1.82, 2.24) is 5.32 Å². The van der Waals surface area contributed by atoms with Gasteiger partial charge in [0.15, 0.2) is 0 Å². The standard InChI is InChI=1S/C18H22NO3P.2C2H6/c1-13-9-11-14(12-10-13)17(19-4)23(20)21-16-8-6-5-7-15(16)18(2,3)22-23;2*1-2/h5-12,17,19H,1-4H3;2*1-2H3. The van der Waals surface area contributed by atoms with Gasteiger partial charge in [0.2, 0.25) is 0 Å². The van der Waals surface area contributed by atoms with Crippen LogP contribution in [0.4, 0.5) is 0 Å². The highest BCUT2D eigenvalue weighted by molar-refractivity contribution is 7.54. The second-order valence-corrected chi connectivity index (χ2v) is 8.29. The van der Waals surface area contributed by atoms with Gasteiger partial charge in [0, 0.05) is 5.56 Å². The fourth-order valence-corrected chi connectivity index (χ4v) is 5.20. The second kappa shape index (κ2) is 10.1. The lowest BCUT2D eigenvalue weighted by Crippen LogP contribution is -2.31. The van der Waals surface area contributed by atoms with E-state index >= 15 is 0 Å². The Balaban J connectivity index is 0.000000855. The molecule has 0 bridgehead atoms. The summed E-state index contributed by atoms with van der Waals surface area (Å²) in [7, 11) is -1.66. The van der Waals surface area contributed by atoms with Gasteiger partial charge in [-0.05, 0) is 39.4 Å². The molecule has 0 saturated heterocycles. The number of hydrogen-bond donors (Lipinski definition) is 1. The van der Waals surface area contributed by atoms with Crippen LogP contribution in [-0.2, 0) is 14.7 Å². The molecule has 0 aromatic heterocycles. The molecule has 2 aromatic rings. The molecule has 2 unspecified atom stereocenters. The Morgan fingerprint density at radius 1 is 0.963 bits per heavy atom. The summed E-state index contributed by atoms with van der Waals surface area (Å²) in [5, 5.41) is 3.10. The Kier molecular flexibility index (Phi) is 8.74. The van der Waals surface area contributed by atoms with E-state index in [9.17, 15) is 4.57 Å². The van der Waals surface area contributed by atoms with Crippen LogP contribution in [0.5, 0.6) is 5.75 Å². The summed E-state index contributed by atoms with van der Waals surface area (Å²) in [4.78, 5) is 0. The van der Waals surface area contributed by atoms with Crippen molar-refractivity contribution < 1.29 is 13.6 Å². The van der Waals surface area contributed by atoms with Crippen LogP contribution in [0.15, 0.2) is 48.5 Å². The van der Waals surface area contributed by atoms with Crippen molar-refractivity contribution in [3.8, 4) is 5.75 Å². The molecule has 1 aliphatic rings. The molecule has 5 heteroatoms. The molecule has 0 fully saturated rings. The lowest BCUT2D eigenvalue weighted by atomic mass is 9.98. The number of para-hydroxylation sites is 1. The van der Waals surface area contributed by atoms with Gasteiger partial charge in [0.25, 0.3) is 0 Å². The minimum atomic E-state index is -3.43. The van der Waals surface area contributed by atoms with Gasteiger partial charge < -0.3 is 9.84 Å². The highest BCUT2D eigenvalue weighted by atomic mass is 31.2. The summed E-state index contributed by atoms with van der Waals surface area (Å²) in [5.74, 6) is 0.107. The maximum atomic E-state index is 13.5. The Bertz CT molecular complexity index is 756. The summed E-state index contributed by atoms with van der Waals surface area (Å²) in [6, 6.07) is 15.5. The van der Waals surface area contributed by atoms with Gasteiger partial charge in [-0.3, -0.25) is 4.52 Å². The average molecular weight is 391 g/mol. The Morgan fingerprint density at radius 3 is 2.07 bits per heavy atom. The largest absolute Gasteiger partial charge is 0.423 e. The van der Waals surface area contributed by atoms with E-state index in [-0.39, 0.29) is 0 Å². The molecule has 4 nitrogen and oxygen atoms in total. The fourth-order valence-electron chi connectivity index (χ4n) is 2.93. The quantitative estimate of drug-likeness (QED) is 0.584. The molecule has 1 aliphatic heterocycles. The molecule has 2 atom stereocenters. The highest BCUT2D eigenvalue weighted by Gasteiger charge is 2.48. The molecule has 0 spiro atoms. The third kappa shape index (κ3) is 5.22. The van der Waals surface area contributed by atoms with E-state index in [1.54, 1.807) is 7.05 Å². The molecule has 2 aromatic carbocycles. The first-order valence-electron chi connectivity index (χ1n) is 9.69. The van der Waals surface area contributed by atoms with E-state index in [4.69, 9.17) is 9.05 Å². The van der Waals surface area contributed by atoms with Crippen LogP contribution in [0.25, 0.3) is 0 Å². The molecule has 150 valence electrons. The summed E-state index contributed by atoms with van der Waals surface area (Å²) < 4.78 is 25.4. The van der Waals surface area contributed by atoms with Crippen molar-refractivity contribution in [3.05, 3.63) is 65.2 Å². The van der Waals surface area contributed by atoms with Gasteiger partial charge in [0.05, 0.1) is 0 Å². The van der Waals surface area contributed by atoms with Crippen LogP contribution in [0.3, 0.4) is 0 Å². The predicted molar refractivity (Wildman–Crippen MR) is 114 cm³/mol. The maximum Gasteiger partial charge on any atom is 0.401 e. The van der Waals surface area contributed by atoms with Crippen LogP contribution in [0.2, 0.25) is 0 Å². The number of hydrogen-bond acceptors (Lipinski definition) is 4. The minimum absolute atomic E-state index is 0.518. The molecule has 3 rings (SSSR count). The number of nitrogens with one attached hydrogen (secondary N) is 1. The first-order valence-corrected chi connectivity index (χ1v) is 11.3. The van der Waals surface area contributed by atoms with E-state index in [2.05, 4.69) is 5.32 Å². The van der Waals surface area contributed by atoms with Gasteiger partial charge in [-0.2, -0.15) is 0 Å². The number of rotatable bonds is 3. The zero-order valence-electron chi connectivity index (χ0n) is 17.9. The molecule has 27 heavy (non-hydrogen) atoms. The summed E-state index contributed by atoms with van der Waals surface area (Å²) in [6.07, 6.45) is 0. The SMILES string of the molecule is CC.CC.CNC(c1ccc(C)cc1)P1(=O)Oc2ccccc2C(C)(C)O1. The monoisotopic (exact) mass is 391 g/mol. The fraction of sp³-hybridized carbons (Fsp3) is 0.455. The highest BCUT2D eigenvalue weighted by Crippen LogP contribution is 2.66. The molecule has 1 N–H and O–H groups in total. The molecular weight excluding hydrogens is 357 g/mol. The Hall–Kier alpha value is -1.61. The van der Waals surface area contributed by atoms with Crippen LogP contribution < -0.4 is 9.84 Å². The van der Waals surface area contributed by atoms with E-state index < -0.39 is 19.0 Å². The van der Waals surface area contributed by atoms with Crippen molar-refractivity contribution in [2.75, 3.05) is 7.05 Å². The van der Waals surface area contributed by atoms with Crippen molar-refractivity contribution in [2.24, 2.45) is 0 Å². The zero-order valence-corrected chi connectivity index (χ0v) is 18.8. The van der Waals surface area contributed by atoms with Crippen LogP contribution >= 0.6 is 7.60 Å². The van der Waals surface area contributed by atoms with Crippen LogP contribution in [0, 0.1) is 6.92 Å². The smallest absolute Gasteiger partial charge is 0.401 e. The van der Waals surface area contributed by atoms with Gasteiger partial charge >= 0.3 is 7.60 Å². The van der Waals surface area contributed by atoms with Crippen molar-refractivity contribution >= 4 is 7.60 Å². The van der Waals surface area contributed by atoms with Gasteiger partial charge in [-0.25, -0.2) is 4.57 Å². The van der Waals surface area contributed by atoms with E-state index in [1.165, 1.54) is 0 Å². The molecular formula is C22H34NO3P. The summed E-state index contributed by atoms with van der Waals surface area (Å²) in [5.41, 5.74) is 2.27. The van der Waals surface area contributed by atoms with Crippen molar-refractivity contribution in [3.63, 3.8) is 0 Å². The van der Waals surface area contributed by atoms with Crippen molar-refractivity contribution in [1.29, 1.82) is 0 Å². The molecule has 0 aliphatic carbocycles. The number of benzene rings is 2. The number of fused-ring (bicyclic) bond motifs is 1. The molecule has 1 heterocycles. The Labute approximate surface area is 164 Å². The molecule has 0 saturated carbocycles. The van der Waals surface area contributed by atoms with Gasteiger partial charge in [-0.1, -0.05) is 75.7 Å². The predicted octanol–water partition coefficient (Wildman–Crippen LogP) is 6.80.